The molecule has 1 fully saturated rings. The molecule has 3 amide bonds. The van der Waals surface area contributed by atoms with E-state index in [1.807, 2.05) is 54.6 Å². The Labute approximate surface area is 160 Å². The van der Waals surface area contributed by atoms with Crippen molar-refractivity contribution in [3.63, 3.8) is 0 Å². The summed E-state index contributed by atoms with van der Waals surface area (Å²) in [4.78, 5) is 26.2. The lowest BCUT2D eigenvalue weighted by Gasteiger charge is -2.21. The second kappa shape index (κ2) is 8.25. The maximum absolute atomic E-state index is 12.9. The van der Waals surface area contributed by atoms with E-state index in [4.69, 9.17) is 0 Å². The predicted octanol–water partition coefficient (Wildman–Crippen LogP) is 3.98. The first-order valence-electron chi connectivity index (χ1n) is 9.43. The monoisotopic (exact) mass is 365 g/mol. The van der Waals surface area contributed by atoms with Gasteiger partial charge in [-0.2, -0.15) is 0 Å². The van der Waals surface area contributed by atoms with Gasteiger partial charge in [-0.1, -0.05) is 62.4 Å². The molecular weight excluding hydrogens is 338 g/mol. The number of para-hydroxylation sites is 1. The van der Waals surface area contributed by atoms with Crippen molar-refractivity contribution in [2.24, 2.45) is 11.8 Å². The Morgan fingerprint density at radius 2 is 1.67 bits per heavy atom. The first kappa shape index (κ1) is 19.0. The van der Waals surface area contributed by atoms with Crippen molar-refractivity contribution in [2.75, 3.05) is 18.4 Å². The lowest BCUT2D eigenvalue weighted by molar-refractivity contribution is -0.119. The van der Waals surface area contributed by atoms with E-state index >= 15 is 0 Å². The number of benzene rings is 2. The number of hydrogen-bond acceptors (Lipinski definition) is 2. The second-order valence-corrected chi connectivity index (χ2v) is 7.46. The van der Waals surface area contributed by atoms with Crippen molar-refractivity contribution in [3.05, 3.63) is 54.6 Å². The highest BCUT2D eigenvalue weighted by Gasteiger charge is 2.37. The molecule has 0 bridgehead atoms. The maximum atomic E-state index is 12.9. The van der Waals surface area contributed by atoms with Crippen molar-refractivity contribution < 1.29 is 9.59 Å². The molecule has 2 unspecified atom stereocenters. The number of nitrogens with one attached hydrogen (secondary N) is 2. The number of anilines is 1. The lowest BCUT2D eigenvalue weighted by Crippen LogP contribution is -2.41. The summed E-state index contributed by atoms with van der Waals surface area (Å²) in [6, 6.07) is 17.7. The molecule has 3 rings (SSSR count). The molecule has 5 nitrogen and oxygen atoms in total. The van der Waals surface area contributed by atoms with Gasteiger partial charge in [-0.05, 0) is 17.5 Å². The number of carbonyl (C=O) groups excluding carboxylic acids is 2. The molecule has 0 saturated carbocycles. The average Bonchev–Trinajstić information content (AvgIpc) is 3.06. The highest BCUT2D eigenvalue weighted by Crippen LogP contribution is 2.29. The Kier molecular flexibility index (Phi) is 5.79. The van der Waals surface area contributed by atoms with Gasteiger partial charge in [0.1, 0.15) is 0 Å². The van der Waals surface area contributed by atoms with Crippen LogP contribution in [0.5, 0.6) is 0 Å². The van der Waals surface area contributed by atoms with Crippen LogP contribution in [0.15, 0.2) is 54.6 Å². The van der Waals surface area contributed by atoms with E-state index < -0.39 is 0 Å². The summed E-state index contributed by atoms with van der Waals surface area (Å²) >= 11 is 0. The van der Waals surface area contributed by atoms with Crippen LogP contribution >= 0.6 is 0 Å². The normalized spacial score (nSPS) is 19.2. The van der Waals surface area contributed by atoms with Crippen LogP contribution in [0.3, 0.4) is 0 Å². The summed E-state index contributed by atoms with van der Waals surface area (Å²) in [6.45, 7) is 6.96. The summed E-state index contributed by atoms with van der Waals surface area (Å²) < 4.78 is 0. The Morgan fingerprint density at radius 1 is 1.00 bits per heavy atom. The molecule has 2 atom stereocenters. The molecule has 2 aromatic carbocycles. The Bertz CT molecular complexity index is 804. The molecule has 0 aromatic heterocycles. The second-order valence-electron chi connectivity index (χ2n) is 7.46. The minimum atomic E-state index is -0.128. The lowest BCUT2D eigenvalue weighted by atomic mass is 9.91. The fraction of sp³-hybridized carbons (Fsp3) is 0.364. The molecule has 0 aliphatic carbocycles. The van der Waals surface area contributed by atoms with Crippen molar-refractivity contribution in [3.8, 4) is 11.1 Å². The van der Waals surface area contributed by atoms with Crippen LogP contribution in [0.1, 0.15) is 20.8 Å². The van der Waals surface area contributed by atoms with E-state index in [2.05, 4.69) is 24.5 Å². The average molecular weight is 365 g/mol. The number of carbonyl (C=O) groups is 2. The summed E-state index contributed by atoms with van der Waals surface area (Å²) in [5.74, 6) is 0.586. The van der Waals surface area contributed by atoms with Gasteiger partial charge in [-0.3, -0.25) is 4.79 Å². The predicted molar refractivity (Wildman–Crippen MR) is 108 cm³/mol. The van der Waals surface area contributed by atoms with E-state index in [9.17, 15) is 9.59 Å². The molecule has 1 heterocycles. The zero-order valence-electron chi connectivity index (χ0n) is 16.1. The van der Waals surface area contributed by atoms with E-state index in [0.29, 0.717) is 19.0 Å². The van der Waals surface area contributed by atoms with Crippen LogP contribution in [0, 0.1) is 11.8 Å². The third-order valence-corrected chi connectivity index (χ3v) is 5.15. The largest absolute Gasteiger partial charge is 0.351 e. The van der Waals surface area contributed by atoms with E-state index in [0.717, 1.165) is 16.8 Å². The summed E-state index contributed by atoms with van der Waals surface area (Å²) in [5, 5.41) is 6.06. The Balaban J connectivity index is 1.76. The molecule has 1 aliphatic rings. The zero-order valence-corrected chi connectivity index (χ0v) is 16.1. The van der Waals surface area contributed by atoms with E-state index in [-0.39, 0.29) is 23.9 Å². The summed E-state index contributed by atoms with van der Waals surface area (Å²) in [7, 11) is 0. The fourth-order valence-electron chi connectivity index (χ4n) is 3.74. The molecule has 0 spiro atoms. The number of urea groups is 1. The van der Waals surface area contributed by atoms with Gasteiger partial charge in [0.15, 0.2) is 0 Å². The third-order valence-electron chi connectivity index (χ3n) is 5.15. The van der Waals surface area contributed by atoms with E-state index in [1.54, 1.807) is 4.90 Å². The van der Waals surface area contributed by atoms with Gasteiger partial charge >= 0.3 is 6.03 Å². The van der Waals surface area contributed by atoms with Crippen molar-refractivity contribution in [2.45, 2.75) is 26.8 Å². The quantitative estimate of drug-likeness (QED) is 0.861. The molecule has 1 aliphatic heterocycles. The fourth-order valence-corrected chi connectivity index (χ4v) is 3.74. The summed E-state index contributed by atoms with van der Waals surface area (Å²) in [5.41, 5.74) is 2.84. The van der Waals surface area contributed by atoms with Crippen LogP contribution in [0.4, 0.5) is 10.5 Å². The van der Waals surface area contributed by atoms with Gasteiger partial charge in [0.2, 0.25) is 5.91 Å². The minimum Gasteiger partial charge on any atom is -0.351 e. The Morgan fingerprint density at radius 3 is 2.33 bits per heavy atom. The molecule has 2 N–H and O–H groups in total. The highest BCUT2D eigenvalue weighted by atomic mass is 16.2. The molecule has 1 saturated heterocycles. The first-order valence-corrected chi connectivity index (χ1v) is 9.43. The summed E-state index contributed by atoms with van der Waals surface area (Å²) in [6.07, 6.45) is 0. The van der Waals surface area contributed by atoms with Crippen LogP contribution in [0.2, 0.25) is 0 Å². The van der Waals surface area contributed by atoms with Crippen molar-refractivity contribution in [1.82, 2.24) is 10.2 Å². The molecular formula is C22H27N3O2. The SMILES string of the molecule is CC(=O)NC1CN(C(=O)Nc2ccccc2-c2ccccc2)CC1C(C)C. The number of amides is 3. The number of nitrogens with zero attached hydrogens (tertiary/aromatic N) is 1. The van der Waals surface area contributed by atoms with Crippen LogP contribution < -0.4 is 10.6 Å². The Hall–Kier alpha value is -2.82. The first-order chi connectivity index (χ1) is 13.0. The van der Waals surface area contributed by atoms with Crippen LogP contribution in [-0.2, 0) is 4.79 Å². The molecule has 5 heteroatoms. The van der Waals surface area contributed by atoms with Gasteiger partial charge in [0.25, 0.3) is 0 Å². The standard InChI is InChI=1S/C22H27N3O2/c1-15(2)19-13-25(14-21(19)23-16(3)26)22(27)24-20-12-8-7-11-18(20)17-9-5-4-6-10-17/h4-12,15,19,21H,13-14H2,1-3H3,(H,23,26)(H,24,27). The van der Waals surface area contributed by atoms with Gasteiger partial charge in [0, 0.05) is 31.5 Å². The van der Waals surface area contributed by atoms with Crippen molar-refractivity contribution >= 4 is 17.6 Å². The molecule has 0 radical (unpaired) electrons. The van der Waals surface area contributed by atoms with E-state index in [1.165, 1.54) is 6.92 Å². The van der Waals surface area contributed by atoms with Crippen molar-refractivity contribution in [1.29, 1.82) is 0 Å². The van der Waals surface area contributed by atoms with Gasteiger partial charge < -0.3 is 15.5 Å². The highest BCUT2D eigenvalue weighted by molar-refractivity contribution is 5.94. The number of likely N-dealkylation sites (tertiary alicyclic amines) is 1. The molecule has 2 aromatic rings. The molecule has 27 heavy (non-hydrogen) atoms. The van der Waals surface area contributed by atoms with Crippen LogP contribution in [0.25, 0.3) is 11.1 Å². The van der Waals surface area contributed by atoms with Gasteiger partial charge in [-0.25, -0.2) is 4.79 Å². The zero-order chi connectivity index (χ0) is 19.4. The topological polar surface area (TPSA) is 61.4 Å². The number of hydrogen-bond donors (Lipinski definition) is 2. The smallest absolute Gasteiger partial charge is 0.321 e. The van der Waals surface area contributed by atoms with Gasteiger partial charge in [-0.15, -0.1) is 0 Å². The minimum absolute atomic E-state index is 0.00221. The third kappa shape index (κ3) is 4.48. The maximum Gasteiger partial charge on any atom is 0.321 e. The number of rotatable bonds is 4. The van der Waals surface area contributed by atoms with Gasteiger partial charge in [0.05, 0.1) is 11.7 Å². The van der Waals surface area contributed by atoms with Crippen LogP contribution in [-0.4, -0.2) is 36.0 Å². The molecule has 142 valence electrons.